The minimum Gasteiger partial charge on any atom is -0.465 e. The maximum absolute atomic E-state index is 13.9. The first-order chi connectivity index (χ1) is 16.5. The Morgan fingerprint density at radius 2 is 1.69 bits per heavy atom. The molecular formula is C25H31FN4O5. The molecule has 0 unspecified atom stereocenters. The molecule has 0 bridgehead atoms. The number of amides is 2. The molecule has 0 atom stereocenters. The van der Waals surface area contributed by atoms with Crippen molar-refractivity contribution in [1.29, 1.82) is 0 Å². The molecule has 188 valence electrons. The van der Waals surface area contributed by atoms with Gasteiger partial charge in [-0.1, -0.05) is 6.07 Å². The third-order valence-corrected chi connectivity index (χ3v) is 5.43. The quantitative estimate of drug-likeness (QED) is 0.521. The van der Waals surface area contributed by atoms with Crippen LogP contribution in [-0.2, 0) is 9.47 Å². The number of hydrogen-bond donors (Lipinski definition) is 3. The molecule has 1 aliphatic rings. The van der Waals surface area contributed by atoms with Gasteiger partial charge in [-0.25, -0.2) is 19.0 Å². The Bertz CT molecular complexity index is 1080. The van der Waals surface area contributed by atoms with Gasteiger partial charge in [0.25, 0.3) is 5.91 Å². The van der Waals surface area contributed by atoms with E-state index in [2.05, 4.69) is 20.9 Å². The number of alkyl carbamates (subject to hydrolysis) is 1. The molecule has 10 heteroatoms. The van der Waals surface area contributed by atoms with Crippen LogP contribution in [0.1, 0.15) is 67.2 Å². The Morgan fingerprint density at radius 1 is 1.03 bits per heavy atom. The van der Waals surface area contributed by atoms with E-state index in [4.69, 9.17) is 9.47 Å². The number of anilines is 2. The summed E-state index contributed by atoms with van der Waals surface area (Å²) in [6, 6.07) is 7.45. The van der Waals surface area contributed by atoms with E-state index < -0.39 is 29.4 Å². The number of methoxy groups -OCH3 is 1. The van der Waals surface area contributed by atoms with Crippen molar-refractivity contribution in [3.63, 3.8) is 0 Å². The fourth-order valence-corrected chi connectivity index (χ4v) is 3.81. The van der Waals surface area contributed by atoms with Gasteiger partial charge in [0.05, 0.1) is 24.4 Å². The first-order valence-electron chi connectivity index (χ1n) is 11.5. The molecule has 1 aromatic carbocycles. The number of halogens is 1. The van der Waals surface area contributed by atoms with E-state index in [0.717, 1.165) is 12.3 Å². The number of carbonyl (C=O) groups excluding carboxylic acids is 3. The molecule has 35 heavy (non-hydrogen) atoms. The van der Waals surface area contributed by atoms with Gasteiger partial charge < -0.3 is 25.4 Å². The third kappa shape index (κ3) is 7.66. The summed E-state index contributed by atoms with van der Waals surface area (Å²) in [6.07, 6.45) is 3.21. The van der Waals surface area contributed by atoms with Crippen LogP contribution in [0.25, 0.3) is 0 Å². The summed E-state index contributed by atoms with van der Waals surface area (Å²) in [4.78, 5) is 40.8. The Hall–Kier alpha value is -3.69. The van der Waals surface area contributed by atoms with E-state index in [1.807, 2.05) is 0 Å². The fraction of sp³-hybridized carbons (Fsp3) is 0.440. The molecule has 1 aromatic heterocycles. The number of ether oxygens (including phenoxy) is 2. The molecule has 9 nitrogen and oxygen atoms in total. The van der Waals surface area contributed by atoms with Crippen molar-refractivity contribution in [1.82, 2.24) is 15.6 Å². The molecule has 2 amide bonds. The average Bonchev–Trinajstić information content (AvgIpc) is 2.80. The molecular weight excluding hydrogens is 455 g/mol. The van der Waals surface area contributed by atoms with Crippen molar-refractivity contribution in [2.75, 3.05) is 12.4 Å². The van der Waals surface area contributed by atoms with Gasteiger partial charge >= 0.3 is 12.1 Å². The van der Waals surface area contributed by atoms with E-state index in [1.54, 1.807) is 45.0 Å². The largest absolute Gasteiger partial charge is 0.465 e. The van der Waals surface area contributed by atoms with Gasteiger partial charge in [0.15, 0.2) is 0 Å². The fourth-order valence-electron chi connectivity index (χ4n) is 3.81. The normalized spacial score (nSPS) is 17.7. The Labute approximate surface area is 203 Å². The smallest absolute Gasteiger partial charge is 0.407 e. The molecule has 1 heterocycles. The Kier molecular flexibility index (Phi) is 8.26. The Morgan fingerprint density at radius 3 is 2.31 bits per heavy atom. The molecule has 1 saturated carbocycles. The van der Waals surface area contributed by atoms with Crippen molar-refractivity contribution < 1.29 is 28.2 Å². The van der Waals surface area contributed by atoms with Crippen LogP contribution in [0.15, 0.2) is 36.5 Å². The van der Waals surface area contributed by atoms with Crippen LogP contribution < -0.4 is 16.0 Å². The van der Waals surface area contributed by atoms with E-state index in [0.29, 0.717) is 36.9 Å². The van der Waals surface area contributed by atoms with Gasteiger partial charge in [0, 0.05) is 17.8 Å². The first-order valence-corrected chi connectivity index (χ1v) is 11.5. The molecule has 0 radical (unpaired) electrons. The summed E-state index contributed by atoms with van der Waals surface area (Å²) in [5.41, 5.74) is 0.292. The zero-order valence-corrected chi connectivity index (χ0v) is 20.3. The first kappa shape index (κ1) is 25.9. The number of nitrogens with zero attached hydrogens (tertiary/aromatic N) is 1. The summed E-state index contributed by atoms with van der Waals surface area (Å²) >= 11 is 0. The van der Waals surface area contributed by atoms with E-state index >= 15 is 0 Å². The number of carbonyl (C=O) groups is 3. The highest BCUT2D eigenvalue weighted by Gasteiger charge is 2.26. The van der Waals surface area contributed by atoms with E-state index in [-0.39, 0.29) is 23.5 Å². The van der Waals surface area contributed by atoms with Crippen LogP contribution in [-0.4, -0.2) is 47.7 Å². The molecule has 0 aliphatic heterocycles. The second-order valence-corrected chi connectivity index (χ2v) is 9.42. The van der Waals surface area contributed by atoms with Crippen LogP contribution in [0.5, 0.6) is 0 Å². The third-order valence-electron chi connectivity index (χ3n) is 5.43. The molecule has 2 aromatic rings. The van der Waals surface area contributed by atoms with Crippen molar-refractivity contribution in [2.24, 2.45) is 0 Å². The monoisotopic (exact) mass is 486 g/mol. The Balaban J connectivity index is 1.62. The maximum atomic E-state index is 13.9. The summed E-state index contributed by atoms with van der Waals surface area (Å²) in [5.74, 6) is -1.46. The minimum absolute atomic E-state index is 0.0341. The summed E-state index contributed by atoms with van der Waals surface area (Å²) < 4.78 is 24.0. The molecule has 1 fully saturated rings. The number of esters is 1. The SMILES string of the molecule is COC(=O)c1cccc(Nc2ncc(F)cc2C(=O)NC2CCC(NC(=O)OC(C)(C)C)CC2)c1. The molecule has 3 rings (SSSR count). The van der Waals surface area contributed by atoms with Crippen LogP contribution in [0, 0.1) is 5.82 Å². The van der Waals surface area contributed by atoms with Gasteiger partial charge in [0.2, 0.25) is 0 Å². The molecule has 0 spiro atoms. The molecule has 3 N–H and O–H groups in total. The van der Waals surface area contributed by atoms with Gasteiger partial charge in [-0.05, 0) is 70.7 Å². The number of pyridine rings is 1. The van der Waals surface area contributed by atoms with Crippen LogP contribution in [0.2, 0.25) is 0 Å². The molecule has 0 saturated heterocycles. The van der Waals surface area contributed by atoms with Crippen molar-refractivity contribution in [3.8, 4) is 0 Å². The lowest BCUT2D eigenvalue weighted by atomic mass is 9.91. The lowest BCUT2D eigenvalue weighted by molar-refractivity contribution is 0.0487. The van der Waals surface area contributed by atoms with E-state index in [9.17, 15) is 18.8 Å². The number of nitrogens with one attached hydrogen (secondary N) is 3. The topological polar surface area (TPSA) is 119 Å². The van der Waals surface area contributed by atoms with Crippen LogP contribution in [0.3, 0.4) is 0 Å². The van der Waals surface area contributed by atoms with E-state index in [1.165, 1.54) is 7.11 Å². The highest BCUT2D eigenvalue weighted by Crippen LogP contribution is 2.23. The van der Waals surface area contributed by atoms with Gasteiger partial charge in [-0.15, -0.1) is 0 Å². The maximum Gasteiger partial charge on any atom is 0.407 e. The molecule has 1 aliphatic carbocycles. The lowest BCUT2D eigenvalue weighted by Gasteiger charge is -2.30. The minimum atomic E-state index is -0.644. The highest BCUT2D eigenvalue weighted by atomic mass is 19.1. The number of benzene rings is 1. The predicted molar refractivity (Wildman–Crippen MR) is 128 cm³/mol. The second kappa shape index (κ2) is 11.2. The average molecular weight is 487 g/mol. The highest BCUT2D eigenvalue weighted by molar-refractivity contribution is 5.99. The standard InChI is InChI=1S/C25H31FN4O5/c1-25(2,3)35-24(33)30-18-10-8-17(9-11-18)29-22(31)20-13-16(26)14-27-21(20)28-19-7-5-6-15(12-19)23(32)34-4/h5-7,12-14,17-18H,8-11H2,1-4H3,(H,27,28)(H,29,31)(H,30,33). The van der Waals surface area contributed by atoms with Gasteiger partial charge in [-0.3, -0.25) is 4.79 Å². The number of rotatable bonds is 6. The van der Waals surface area contributed by atoms with Gasteiger partial charge in [0.1, 0.15) is 17.2 Å². The van der Waals surface area contributed by atoms with Gasteiger partial charge in [-0.2, -0.15) is 0 Å². The van der Waals surface area contributed by atoms with Crippen molar-refractivity contribution >= 4 is 29.5 Å². The summed E-state index contributed by atoms with van der Waals surface area (Å²) in [6.45, 7) is 5.41. The van der Waals surface area contributed by atoms with Crippen LogP contribution >= 0.6 is 0 Å². The summed E-state index contributed by atoms with van der Waals surface area (Å²) in [5, 5.41) is 8.78. The zero-order valence-electron chi connectivity index (χ0n) is 20.3. The van der Waals surface area contributed by atoms with Crippen molar-refractivity contribution in [2.45, 2.75) is 64.1 Å². The predicted octanol–water partition coefficient (Wildman–Crippen LogP) is 4.32. The van der Waals surface area contributed by atoms with Crippen molar-refractivity contribution in [3.05, 3.63) is 53.5 Å². The number of hydrogen-bond acceptors (Lipinski definition) is 7. The number of aromatic nitrogens is 1. The lowest BCUT2D eigenvalue weighted by Crippen LogP contribution is -2.45. The van der Waals surface area contributed by atoms with Crippen LogP contribution in [0.4, 0.5) is 20.7 Å². The zero-order chi connectivity index (χ0) is 25.6. The summed E-state index contributed by atoms with van der Waals surface area (Å²) in [7, 11) is 1.29. The second-order valence-electron chi connectivity index (χ2n) is 9.42.